The third-order valence-corrected chi connectivity index (χ3v) is 3.17. The number of benzene rings is 1. The van der Waals surface area contributed by atoms with Gasteiger partial charge in [-0.05, 0) is 17.7 Å². The Morgan fingerprint density at radius 2 is 1.85 bits per heavy atom. The lowest BCUT2D eigenvalue weighted by Crippen LogP contribution is -2.32. The summed E-state index contributed by atoms with van der Waals surface area (Å²) in [5.41, 5.74) is 1.16. The number of aliphatic hydroxyl groups is 2. The molecule has 1 saturated heterocycles. The van der Waals surface area contributed by atoms with Crippen LogP contribution in [-0.2, 0) is 20.9 Å². The average Bonchev–Trinajstić information content (AvgIpc) is 2.57. The number of amides is 1. The molecule has 0 bridgehead atoms. The fourth-order valence-electron chi connectivity index (χ4n) is 2.04. The maximum absolute atomic E-state index is 11.6. The largest absolute Gasteiger partial charge is 0.507 e. The zero-order chi connectivity index (χ0) is 20.1. The molecule has 2 atom stereocenters. The Kier molecular flexibility index (Phi) is 12.0. The quantitative estimate of drug-likeness (QED) is 0.546. The molecule has 0 radical (unpaired) electrons. The molecule has 148 valence electrons. The lowest BCUT2D eigenvalue weighted by Gasteiger charge is -2.21. The van der Waals surface area contributed by atoms with Gasteiger partial charge in [0.2, 0.25) is 0 Å². The van der Waals surface area contributed by atoms with Crippen molar-refractivity contribution in [3.8, 4) is 5.75 Å². The van der Waals surface area contributed by atoms with Gasteiger partial charge >= 0.3 is 0 Å². The molecule has 4 N–H and O–H groups in total. The zero-order valence-corrected chi connectivity index (χ0v) is 15.2. The molecule has 2 rings (SSSR count). The standard InChI is InChI=1S/C11H15NO3.C5H10O3.CH2O2/c1-12(2)11(14)9-6-8(7-15-3)4-5-10(9)13;6-4-1-5(7)3-8-2-4;2-1-3/h4-6,13H,7H2,1-3H3;4-7H,1-3H2;1H,(H,2,3). The van der Waals surface area contributed by atoms with Gasteiger partial charge in [0.25, 0.3) is 12.4 Å². The van der Waals surface area contributed by atoms with Gasteiger partial charge in [-0.15, -0.1) is 0 Å². The fourth-order valence-corrected chi connectivity index (χ4v) is 2.04. The van der Waals surface area contributed by atoms with Crippen LogP contribution in [0.5, 0.6) is 5.75 Å². The van der Waals surface area contributed by atoms with Crippen LogP contribution in [0.15, 0.2) is 18.2 Å². The van der Waals surface area contributed by atoms with E-state index in [0.717, 1.165) is 5.56 Å². The number of rotatable bonds is 3. The summed E-state index contributed by atoms with van der Waals surface area (Å²) >= 11 is 0. The maximum Gasteiger partial charge on any atom is 0.290 e. The number of phenolic OH excluding ortho intramolecular Hbond substituents is 1. The fraction of sp³-hybridized carbons (Fsp3) is 0.529. The van der Waals surface area contributed by atoms with Crippen LogP contribution in [0, 0.1) is 0 Å². The Morgan fingerprint density at radius 3 is 2.23 bits per heavy atom. The van der Waals surface area contributed by atoms with Gasteiger partial charge in [0.05, 0.1) is 37.6 Å². The van der Waals surface area contributed by atoms with Gasteiger partial charge in [0.15, 0.2) is 0 Å². The van der Waals surface area contributed by atoms with E-state index < -0.39 is 12.2 Å². The van der Waals surface area contributed by atoms with Crippen molar-refractivity contribution < 1.29 is 39.5 Å². The second kappa shape index (κ2) is 13.1. The molecule has 2 unspecified atom stereocenters. The molecule has 0 aromatic heterocycles. The number of methoxy groups -OCH3 is 1. The Hall–Kier alpha value is -2.20. The molecular formula is C17H27NO8. The molecule has 0 saturated carbocycles. The minimum atomic E-state index is -0.459. The third-order valence-electron chi connectivity index (χ3n) is 3.17. The summed E-state index contributed by atoms with van der Waals surface area (Å²) in [4.78, 5) is 21.4. The van der Waals surface area contributed by atoms with Crippen LogP contribution >= 0.6 is 0 Å². The van der Waals surface area contributed by atoms with E-state index in [2.05, 4.69) is 0 Å². The molecular weight excluding hydrogens is 346 g/mol. The van der Waals surface area contributed by atoms with Gasteiger partial charge in [0.1, 0.15) is 5.75 Å². The van der Waals surface area contributed by atoms with Crippen LogP contribution < -0.4 is 0 Å². The van der Waals surface area contributed by atoms with Crippen molar-refractivity contribution in [1.29, 1.82) is 0 Å². The number of phenols is 1. The summed E-state index contributed by atoms with van der Waals surface area (Å²) in [6, 6.07) is 4.87. The van der Waals surface area contributed by atoms with Crippen molar-refractivity contribution in [3.05, 3.63) is 29.3 Å². The Morgan fingerprint density at radius 1 is 1.31 bits per heavy atom. The number of nitrogens with zero attached hydrogens (tertiary/aromatic N) is 1. The number of carbonyl (C=O) groups is 2. The first-order valence-corrected chi connectivity index (χ1v) is 7.80. The lowest BCUT2D eigenvalue weighted by molar-refractivity contribution is -0.122. The van der Waals surface area contributed by atoms with Crippen LogP contribution in [0.1, 0.15) is 22.3 Å². The summed E-state index contributed by atoms with van der Waals surface area (Å²) in [5, 5.41) is 34.0. The summed E-state index contributed by atoms with van der Waals surface area (Å²) in [6.07, 6.45) is -0.461. The van der Waals surface area contributed by atoms with Gasteiger partial charge in [-0.1, -0.05) is 6.07 Å². The second-order valence-corrected chi connectivity index (χ2v) is 5.67. The van der Waals surface area contributed by atoms with E-state index >= 15 is 0 Å². The minimum Gasteiger partial charge on any atom is -0.507 e. The van der Waals surface area contributed by atoms with E-state index in [1.165, 1.54) is 11.0 Å². The van der Waals surface area contributed by atoms with Gasteiger partial charge in [-0.2, -0.15) is 0 Å². The molecule has 1 aromatic rings. The number of ether oxygens (including phenoxy) is 2. The Balaban J connectivity index is 0.000000474. The molecule has 9 heteroatoms. The molecule has 1 heterocycles. The van der Waals surface area contributed by atoms with Crippen molar-refractivity contribution in [3.63, 3.8) is 0 Å². The van der Waals surface area contributed by atoms with Gasteiger partial charge < -0.3 is 34.8 Å². The van der Waals surface area contributed by atoms with Crippen molar-refractivity contribution in [2.45, 2.75) is 25.2 Å². The average molecular weight is 373 g/mol. The molecule has 1 aliphatic rings. The Bertz CT molecular complexity index is 542. The minimum absolute atomic E-state index is 0.00597. The molecule has 26 heavy (non-hydrogen) atoms. The maximum atomic E-state index is 11.6. The van der Waals surface area contributed by atoms with Crippen LogP contribution in [0.25, 0.3) is 0 Å². The topological polar surface area (TPSA) is 137 Å². The first-order chi connectivity index (χ1) is 12.3. The van der Waals surface area contributed by atoms with Crippen molar-refractivity contribution in [2.75, 3.05) is 34.4 Å². The Labute approximate surface area is 152 Å². The molecule has 1 aromatic carbocycles. The van der Waals surface area contributed by atoms with Crippen molar-refractivity contribution in [2.24, 2.45) is 0 Å². The van der Waals surface area contributed by atoms with Crippen LogP contribution in [0.3, 0.4) is 0 Å². The predicted octanol–water partition coefficient (Wildman–Crippen LogP) is 0.0697. The smallest absolute Gasteiger partial charge is 0.290 e. The SMILES string of the molecule is COCc1ccc(O)c(C(=O)N(C)C)c1.O=CO.OC1COCC(O)C1. The molecule has 1 amide bonds. The molecule has 1 aliphatic heterocycles. The zero-order valence-electron chi connectivity index (χ0n) is 15.2. The number of aliphatic hydroxyl groups excluding tert-OH is 2. The van der Waals surface area contributed by atoms with Gasteiger partial charge in [0, 0.05) is 27.6 Å². The lowest BCUT2D eigenvalue weighted by atomic mass is 10.1. The number of hydrogen-bond acceptors (Lipinski definition) is 7. The summed E-state index contributed by atoms with van der Waals surface area (Å²) in [7, 11) is 4.87. The highest BCUT2D eigenvalue weighted by Gasteiger charge is 2.17. The third kappa shape index (κ3) is 9.33. The second-order valence-electron chi connectivity index (χ2n) is 5.67. The summed E-state index contributed by atoms with van der Waals surface area (Å²) in [5.74, 6) is -0.223. The first-order valence-electron chi connectivity index (χ1n) is 7.80. The number of carbonyl (C=O) groups excluding carboxylic acids is 1. The normalized spacial score (nSPS) is 18.5. The van der Waals surface area contributed by atoms with Crippen LogP contribution in [0.4, 0.5) is 0 Å². The predicted molar refractivity (Wildman–Crippen MR) is 93.0 cm³/mol. The number of carboxylic acid groups (broad SMARTS) is 1. The molecule has 0 aliphatic carbocycles. The van der Waals surface area contributed by atoms with E-state index in [4.69, 9.17) is 29.6 Å². The highest BCUT2D eigenvalue weighted by molar-refractivity contribution is 5.96. The van der Waals surface area contributed by atoms with Crippen LogP contribution in [0.2, 0.25) is 0 Å². The van der Waals surface area contributed by atoms with E-state index in [0.29, 0.717) is 31.8 Å². The molecule has 9 nitrogen and oxygen atoms in total. The monoisotopic (exact) mass is 373 g/mol. The van der Waals surface area contributed by atoms with Gasteiger partial charge in [-0.25, -0.2) is 0 Å². The van der Waals surface area contributed by atoms with E-state index in [1.807, 2.05) is 0 Å². The van der Waals surface area contributed by atoms with Gasteiger partial charge in [-0.3, -0.25) is 9.59 Å². The number of hydrogen-bond donors (Lipinski definition) is 4. The van der Waals surface area contributed by atoms with Crippen molar-refractivity contribution in [1.82, 2.24) is 4.90 Å². The van der Waals surface area contributed by atoms with Crippen LogP contribution in [-0.4, -0.2) is 84.3 Å². The van der Waals surface area contributed by atoms with Crippen molar-refractivity contribution >= 4 is 12.4 Å². The summed E-state index contributed by atoms with van der Waals surface area (Å²) < 4.78 is 9.75. The molecule has 0 spiro atoms. The highest BCUT2D eigenvalue weighted by atomic mass is 16.5. The summed E-state index contributed by atoms with van der Waals surface area (Å²) in [6.45, 7) is 0.919. The first kappa shape index (κ1) is 23.8. The van der Waals surface area contributed by atoms with E-state index in [1.54, 1.807) is 33.3 Å². The van der Waals surface area contributed by atoms with E-state index in [-0.39, 0.29) is 18.1 Å². The number of aromatic hydroxyl groups is 1. The highest BCUT2D eigenvalue weighted by Crippen LogP contribution is 2.20. The molecule has 1 fully saturated rings. The van der Waals surface area contributed by atoms with E-state index in [9.17, 15) is 9.90 Å².